The molecule has 1 aliphatic rings. The van der Waals surface area contributed by atoms with Crippen molar-refractivity contribution in [3.8, 4) is 0 Å². The van der Waals surface area contributed by atoms with Crippen molar-refractivity contribution >= 4 is 11.6 Å². The molecule has 3 heteroatoms. The van der Waals surface area contributed by atoms with Crippen LogP contribution >= 0.6 is 0 Å². The predicted octanol–water partition coefficient (Wildman–Crippen LogP) is 1.39. The molecule has 1 unspecified atom stereocenters. The summed E-state index contributed by atoms with van der Waals surface area (Å²) in [5, 5.41) is 9.42. The molecule has 3 nitrogen and oxygen atoms in total. The normalized spacial score (nSPS) is 24.5. The standard InChI is InChI=1S/C9H12O3/c1-5-3-4-7(11)8(6(2)10)9(5)12/h5,12H,3-4H2,1-2H3. The highest BCUT2D eigenvalue weighted by molar-refractivity contribution is 6.20. The second-order valence-electron chi connectivity index (χ2n) is 3.18. The molecule has 66 valence electrons. The third-order valence-corrected chi connectivity index (χ3v) is 2.16. The Morgan fingerprint density at radius 2 is 2.17 bits per heavy atom. The Bertz CT molecular complexity index is 263. The summed E-state index contributed by atoms with van der Waals surface area (Å²) < 4.78 is 0. The lowest BCUT2D eigenvalue weighted by atomic mass is 9.87. The van der Waals surface area contributed by atoms with E-state index in [9.17, 15) is 14.7 Å². The van der Waals surface area contributed by atoms with Crippen LogP contribution in [0.15, 0.2) is 11.3 Å². The molecule has 0 radical (unpaired) electrons. The van der Waals surface area contributed by atoms with Gasteiger partial charge in [-0.25, -0.2) is 0 Å². The van der Waals surface area contributed by atoms with E-state index >= 15 is 0 Å². The molecule has 0 bridgehead atoms. The van der Waals surface area contributed by atoms with E-state index in [1.54, 1.807) is 0 Å². The SMILES string of the molecule is CC(=O)C1=C(O)C(C)CCC1=O. The third-order valence-electron chi connectivity index (χ3n) is 2.16. The topological polar surface area (TPSA) is 54.4 Å². The Labute approximate surface area is 71.1 Å². The van der Waals surface area contributed by atoms with Crippen LogP contribution in [0.3, 0.4) is 0 Å². The lowest BCUT2D eigenvalue weighted by Gasteiger charge is -2.18. The molecule has 0 heterocycles. The summed E-state index contributed by atoms with van der Waals surface area (Å²) >= 11 is 0. The Kier molecular flexibility index (Phi) is 2.31. The Hall–Kier alpha value is -1.12. The Morgan fingerprint density at radius 1 is 1.58 bits per heavy atom. The fourth-order valence-corrected chi connectivity index (χ4v) is 1.38. The minimum atomic E-state index is -0.330. The predicted molar refractivity (Wildman–Crippen MR) is 43.7 cm³/mol. The van der Waals surface area contributed by atoms with Crippen molar-refractivity contribution in [3.63, 3.8) is 0 Å². The van der Waals surface area contributed by atoms with Gasteiger partial charge in [-0.3, -0.25) is 9.59 Å². The zero-order valence-corrected chi connectivity index (χ0v) is 7.26. The molecule has 12 heavy (non-hydrogen) atoms. The Morgan fingerprint density at radius 3 is 2.58 bits per heavy atom. The molecule has 1 aliphatic carbocycles. The number of carbonyl (C=O) groups excluding carboxylic acids is 2. The number of ketones is 2. The molecule has 1 rings (SSSR count). The van der Waals surface area contributed by atoms with Crippen LogP contribution in [0.25, 0.3) is 0 Å². The minimum Gasteiger partial charge on any atom is -0.511 e. The third kappa shape index (κ3) is 1.40. The van der Waals surface area contributed by atoms with Crippen LogP contribution in [-0.2, 0) is 9.59 Å². The molecule has 0 aliphatic heterocycles. The highest BCUT2D eigenvalue weighted by Gasteiger charge is 2.27. The molecular weight excluding hydrogens is 156 g/mol. The van der Waals surface area contributed by atoms with Gasteiger partial charge in [0.2, 0.25) is 0 Å². The van der Waals surface area contributed by atoms with Gasteiger partial charge in [0.05, 0.1) is 5.57 Å². The van der Waals surface area contributed by atoms with Crippen molar-refractivity contribution in [1.29, 1.82) is 0 Å². The quantitative estimate of drug-likeness (QED) is 0.602. The van der Waals surface area contributed by atoms with Gasteiger partial charge in [-0.15, -0.1) is 0 Å². The van der Waals surface area contributed by atoms with Gasteiger partial charge < -0.3 is 5.11 Å². The second kappa shape index (κ2) is 3.09. The van der Waals surface area contributed by atoms with E-state index in [1.807, 2.05) is 6.92 Å². The van der Waals surface area contributed by atoms with Crippen LogP contribution in [0.4, 0.5) is 0 Å². The van der Waals surface area contributed by atoms with Gasteiger partial charge in [0.25, 0.3) is 0 Å². The van der Waals surface area contributed by atoms with Gasteiger partial charge in [-0.2, -0.15) is 0 Å². The molecule has 0 amide bonds. The summed E-state index contributed by atoms with van der Waals surface area (Å²) in [5.41, 5.74) is 0.00810. The largest absolute Gasteiger partial charge is 0.511 e. The maximum atomic E-state index is 11.2. The molecule has 0 aromatic carbocycles. The number of hydrogen-bond acceptors (Lipinski definition) is 3. The fourth-order valence-electron chi connectivity index (χ4n) is 1.38. The van der Waals surface area contributed by atoms with E-state index in [2.05, 4.69) is 0 Å². The van der Waals surface area contributed by atoms with E-state index in [4.69, 9.17) is 0 Å². The van der Waals surface area contributed by atoms with Gasteiger partial charge in [0, 0.05) is 12.3 Å². The molecule has 0 spiro atoms. The minimum absolute atomic E-state index is 0.00810. The van der Waals surface area contributed by atoms with E-state index in [0.29, 0.717) is 12.8 Å². The van der Waals surface area contributed by atoms with Gasteiger partial charge in [0.15, 0.2) is 11.6 Å². The molecule has 0 aromatic rings. The van der Waals surface area contributed by atoms with Crippen molar-refractivity contribution < 1.29 is 14.7 Å². The maximum Gasteiger partial charge on any atom is 0.169 e. The summed E-state index contributed by atoms with van der Waals surface area (Å²) in [6, 6.07) is 0. The van der Waals surface area contributed by atoms with Crippen molar-refractivity contribution in [2.75, 3.05) is 0 Å². The zero-order valence-electron chi connectivity index (χ0n) is 7.26. The molecule has 0 fully saturated rings. The van der Waals surface area contributed by atoms with Crippen LogP contribution in [0.1, 0.15) is 26.7 Å². The summed E-state index contributed by atoms with van der Waals surface area (Å²) in [6.07, 6.45) is 1.02. The van der Waals surface area contributed by atoms with Crippen LogP contribution in [0.2, 0.25) is 0 Å². The first-order valence-corrected chi connectivity index (χ1v) is 4.01. The van der Waals surface area contributed by atoms with Gasteiger partial charge >= 0.3 is 0 Å². The average molecular weight is 168 g/mol. The fraction of sp³-hybridized carbons (Fsp3) is 0.556. The van der Waals surface area contributed by atoms with Crippen LogP contribution in [-0.4, -0.2) is 16.7 Å². The van der Waals surface area contributed by atoms with Gasteiger partial charge in [-0.05, 0) is 13.3 Å². The number of Topliss-reactive ketones (excluding diaryl/α,β-unsaturated/α-hetero) is 2. The van der Waals surface area contributed by atoms with Crippen molar-refractivity contribution in [3.05, 3.63) is 11.3 Å². The van der Waals surface area contributed by atoms with Gasteiger partial charge in [-0.1, -0.05) is 6.92 Å². The summed E-state index contributed by atoms with van der Waals surface area (Å²) in [6.45, 7) is 3.12. The van der Waals surface area contributed by atoms with Crippen molar-refractivity contribution in [1.82, 2.24) is 0 Å². The summed E-state index contributed by atoms with van der Waals surface area (Å²) in [4.78, 5) is 22.1. The first-order chi connectivity index (χ1) is 5.54. The first kappa shape index (κ1) is 8.97. The van der Waals surface area contributed by atoms with E-state index in [1.165, 1.54) is 6.92 Å². The van der Waals surface area contributed by atoms with E-state index in [-0.39, 0.29) is 28.8 Å². The average Bonchev–Trinajstić information content (AvgIpc) is 1.97. The molecule has 1 N–H and O–H groups in total. The number of allylic oxidation sites excluding steroid dienone is 2. The van der Waals surface area contributed by atoms with Crippen molar-refractivity contribution in [2.45, 2.75) is 26.7 Å². The Balaban J connectivity index is 3.10. The highest BCUT2D eigenvalue weighted by atomic mass is 16.3. The number of rotatable bonds is 1. The number of aliphatic hydroxyl groups excluding tert-OH is 1. The smallest absolute Gasteiger partial charge is 0.169 e. The highest BCUT2D eigenvalue weighted by Crippen LogP contribution is 2.25. The summed E-state index contributed by atoms with van der Waals surface area (Å²) in [7, 11) is 0. The van der Waals surface area contributed by atoms with Crippen molar-refractivity contribution in [2.24, 2.45) is 5.92 Å². The maximum absolute atomic E-state index is 11.2. The monoisotopic (exact) mass is 168 g/mol. The van der Waals surface area contributed by atoms with Crippen LogP contribution in [0, 0.1) is 5.92 Å². The molecule has 0 saturated carbocycles. The van der Waals surface area contributed by atoms with Gasteiger partial charge in [0.1, 0.15) is 5.76 Å². The molecule has 0 aromatic heterocycles. The molecular formula is C9H12O3. The number of aliphatic hydroxyl groups is 1. The zero-order chi connectivity index (χ0) is 9.30. The van der Waals surface area contributed by atoms with Crippen LogP contribution in [0.5, 0.6) is 0 Å². The van der Waals surface area contributed by atoms with E-state index < -0.39 is 0 Å². The summed E-state index contributed by atoms with van der Waals surface area (Å²) in [5.74, 6) is -0.637. The first-order valence-electron chi connectivity index (χ1n) is 4.01. The molecule has 0 saturated heterocycles. The second-order valence-corrected chi connectivity index (χ2v) is 3.18. The lowest BCUT2D eigenvalue weighted by Crippen LogP contribution is -2.21. The molecule has 1 atom stereocenters. The number of hydrogen-bond donors (Lipinski definition) is 1. The van der Waals surface area contributed by atoms with E-state index in [0.717, 1.165) is 0 Å². The number of carbonyl (C=O) groups is 2. The van der Waals surface area contributed by atoms with Crippen LogP contribution < -0.4 is 0 Å². The lowest BCUT2D eigenvalue weighted by molar-refractivity contribution is -0.121.